The Balaban J connectivity index is 2.00. The zero-order valence-corrected chi connectivity index (χ0v) is 12.1. The molecule has 1 unspecified atom stereocenters. The maximum Gasteiger partial charge on any atom is 0.0625 e. The minimum Gasteiger partial charge on any atom is -0.305 e. The van der Waals surface area contributed by atoms with Crippen molar-refractivity contribution in [3.63, 3.8) is 0 Å². The van der Waals surface area contributed by atoms with Crippen molar-refractivity contribution in [3.05, 3.63) is 53.3 Å². The average molecular weight is 257 g/mol. The van der Waals surface area contributed by atoms with E-state index in [0.717, 1.165) is 19.5 Å². The summed E-state index contributed by atoms with van der Waals surface area (Å²) in [5, 5.41) is 8.14. The van der Waals surface area contributed by atoms with Crippen LogP contribution in [-0.4, -0.2) is 9.78 Å². The van der Waals surface area contributed by atoms with Gasteiger partial charge in [-0.3, -0.25) is 4.68 Å². The zero-order valence-electron chi connectivity index (χ0n) is 12.1. The molecular formula is C16H23N3. The Morgan fingerprint density at radius 1 is 1.21 bits per heavy atom. The lowest BCUT2D eigenvalue weighted by molar-refractivity contribution is 0.530. The molecule has 1 atom stereocenters. The highest BCUT2D eigenvalue weighted by Gasteiger charge is 2.08. The van der Waals surface area contributed by atoms with Gasteiger partial charge in [-0.2, -0.15) is 5.10 Å². The van der Waals surface area contributed by atoms with Crippen LogP contribution in [-0.2, 0) is 19.5 Å². The van der Waals surface area contributed by atoms with Crippen LogP contribution in [0.1, 0.15) is 43.8 Å². The van der Waals surface area contributed by atoms with E-state index < -0.39 is 0 Å². The van der Waals surface area contributed by atoms with E-state index >= 15 is 0 Å². The molecule has 3 heteroatoms. The number of nitrogens with zero attached hydrogens (tertiary/aromatic N) is 2. The van der Waals surface area contributed by atoms with E-state index in [1.807, 2.05) is 0 Å². The molecule has 1 N–H and O–H groups in total. The summed E-state index contributed by atoms with van der Waals surface area (Å²) in [6.45, 7) is 8.26. The molecule has 2 rings (SSSR count). The predicted octanol–water partition coefficient (Wildman–Crippen LogP) is 3.32. The van der Waals surface area contributed by atoms with E-state index in [2.05, 4.69) is 72.3 Å². The topological polar surface area (TPSA) is 29.9 Å². The monoisotopic (exact) mass is 257 g/mol. The van der Waals surface area contributed by atoms with Gasteiger partial charge in [-0.25, -0.2) is 0 Å². The van der Waals surface area contributed by atoms with Gasteiger partial charge in [0.05, 0.1) is 11.4 Å². The van der Waals surface area contributed by atoms with Gasteiger partial charge in [-0.15, -0.1) is 0 Å². The van der Waals surface area contributed by atoms with Gasteiger partial charge in [0.2, 0.25) is 0 Å². The van der Waals surface area contributed by atoms with Crippen LogP contribution in [0.15, 0.2) is 36.4 Å². The molecule has 1 heterocycles. The molecule has 0 aliphatic heterocycles. The molecule has 0 saturated heterocycles. The maximum absolute atomic E-state index is 4.57. The average Bonchev–Trinajstić information content (AvgIpc) is 2.88. The second-order valence-corrected chi connectivity index (χ2v) is 4.81. The van der Waals surface area contributed by atoms with E-state index in [-0.39, 0.29) is 0 Å². The third-order valence-electron chi connectivity index (χ3n) is 3.46. The summed E-state index contributed by atoms with van der Waals surface area (Å²) >= 11 is 0. The molecule has 102 valence electrons. The lowest BCUT2D eigenvalue weighted by Crippen LogP contribution is -2.20. The van der Waals surface area contributed by atoms with E-state index in [1.165, 1.54) is 17.0 Å². The summed E-state index contributed by atoms with van der Waals surface area (Å²) in [5.41, 5.74) is 3.76. The molecule has 1 aromatic heterocycles. The van der Waals surface area contributed by atoms with E-state index in [0.29, 0.717) is 6.04 Å². The molecule has 0 bridgehead atoms. The van der Waals surface area contributed by atoms with Gasteiger partial charge < -0.3 is 5.32 Å². The highest BCUT2D eigenvalue weighted by Crippen LogP contribution is 2.13. The van der Waals surface area contributed by atoms with Crippen molar-refractivity contribution < 1.29 is 0 Å². The van der Waals surface area contributed by atoms with Crippen LogP contribution in [0, 0.1) is 0 Å². The zero-order chi connectivity index (χ0) is 13.7. The Hall–Kier alpha value is -1.61. The van der Waals surface area contributed by atoms with Crippen LogP contribution < -0.4 is 5.32 Å². The van der Waals surface area contributed by atoms with E-state index in [4.69, 9.17) is 0 Å². The fraction of sp³-hybridized carbons (Fsp3) is 0.438. The highest BCUT2D eigenvalue weighted by molar-refractivity contribution is 5.18. The van der Waals surface area contributed by atoms with Gasteiger partial charge in [0.1, 0.15) is 0 Å². The molecule has 0 radical (unpaired) electrons. The number of nitrogens with one attached hydrogen (secondary N) is 1. The molecule has 0 saturated carbocycles. The third-order valence-corrected chi connectivity index (χ3v) is 3.46. The van der Waals surface area contributed by atoms with Crippen LogP contribution in [0.3, 0.4) is 0 Å². The lowest BCUT2D eigenvalue weighted by Gasteiger charge is -2.14. The van der Waals surface area contributed by atoms with Crippen molar-refractivity contribution in [3.8, 4) is 0 Å². The standard InChI is InChI=1S/C16H23N3/c1-4-15-11-16(19(5-2)18-15)12-17-13(3)14-9-7-6-8-10-14/h6-11,13,17H,4-5,12H2,1-3H3. The Labute approximate surface area is 115 Å². The molecular weight excluding hydrogens is 234 g/mol. The van der Waals surface area contributed by atoms with Crippen molar-refractivity contribution in [2.24, 2.45) is 0 Å². The molecule has 0 spiro atoms. The predicted molar refractivity (Wildman–Crippen MR) is 79.0 cm³/mol. The van der Waals surface area contributed by atoms with Crippen molar-refractivity contribution in [1.82, 2.24) is 15.1 Å². The maximum atomic E-state index is 4.57. The molecule has 0 fully saturated rings. The Morgan fingerprint density at radius 2 is 1.95 bits per heavy atom. The SMILES string of the molecule is CCc1cc(CNC(C)c2ccccc2)n(CC)n1. The number of benzene rings is 1. The molecule has 0 aliphatic carbocycles. The van der Waals surface area contributed by atoms with Crippen molar-refractivity contribution >= 4 is 0 Å². The minimum absolute atomic E-state index is 0.353. The normalized spacial score (nSPS) is 12.6. The first-order valence-electron chi connectivity index (χ1n) is 7.08. The molecule has 1 aromatic carbocycles. The number of aromatic nitrogens is 2. The molecule has 2 aromatic rings. The summed E-state index contributed by atoms with van der Waals surface area (Å²) in [4.78, 5) is 0. The Bertz CT molecular complexity index is 502. The van der Waals surface area contributed by atoms with Crippen LogP contribution in [0.2, 0.25) is 0 Å². The molecule has 0 aliphatic rings. The third kappa shape index (κ3) is 3.44. The summed E-state index contributed by atoms with van der Waals surface area (Å²) in [6.07, 6.45) is 0.994. The van der Waals surface area contributed by atoms with Gasteiger partial charge in [-0.1, -0.05) is 37.3 Å². The van der Waals surface area contributed by atoms with Gasteiger partial charge in [-0.05, 0) is 31.9 Å². The summed E-state index contributed by atoms with van der Waals surface area (Å²) in [6, 6.07) is 13.1. The summed E-state index contributed by atoms with van der Waals surface area (Å²) < 4.78 is 2.09. The highest BCUT2D eigenvalue weighted by atomic mass is 15.3. The first-order valence-corrected chi connectivity index (χ1v) is 7.08. The Morgan fingerprint density at radius 3 is 2.58 bits per heavy atom. The fourth-order valence-electron chi connectivity index (χ4n) is 2.22. The van der Waals surface area contributed by atoms with Gasteiger partial charge in [0, 0.05) is 19.1 Å². The second-order valence-electron chi connectivity index (χ2n) is 4.81. The van der Waals surface area contributed by atoms with Crippen molar-refractivity contribution in [1.29, 1.82) is 0 Å². The quantitative estimate of drug-likeness (QED) is 0.860. The molecule has 19 heavy (non-hydrogen) atoms. The second kappa shape index (κ2) is 6.53. The molecule has 0 amide bonds. The van der Waals surface area contributed by atoms with Gasteiger partial charge in [0.15, 0.2) is 0 Å². The number of hydrogen-bond donors (Lipinski definition) is 1. The molecule has 3 nitrogen and oxygen atoms in total. The largest absolute Gasteiger partial charge is 0.305 e. The summed E-state index contributed by atoms with van der Waals surface area (Å²) in [5.74, 6) is 0. The van der Waals surface area contributed by atoms with Gasteiger partial charge >= 0.3 is 0 Å². The van der Waals surface area contributed by atoms with Gasteiger partial charge in [0.25, 0.3) is 0 Å². The summed E-state index contributed by atoms with van der Waals surface area (Å²) in [7, 11) is 0. The Kier molecular flexibility index (Phi) is 4.74. The van der Waals surface area contributed by atoms with Crippen LogP contribution in [0.5, 0.6) is 0 Å². The van der Waals surface area contributed by atoms with Crippen molar-refractivity contribution in [2.45, 2.75) is 46.3 Å². The lowest BCUT2D eigenvalue weighted by atomic mass is 10.1. The fourth-order valence-corrected chi connectivity index (χ4v) is 2.22. The first-order chi connectivity index (χ1) is 9.24. The first kappa shape index (κ1) is 13.8. The minimum atomic E-state index is 0.353. The number of hydrogen-bond acceptors (Lipinski definition) is 2. The number of rotatable bonds is 6. The van der Waals surface area contributed by atoms with E-state index in [1.54, 1.807) is 0 Å². The number of aryl methyl sites for hydroxylation is 2. The van der Waals surface area contributed by atoms with Crippen LogP contribution >= 0.6 is 0 Å². The van der Waals surface area contributed by atoms with E-state index in [9.17, 15) is 0 Å². The van der Waals surface area contributed by atoms with Crippen LogP contribution in [0.25, 0.3) is 0 Å². The smallest absolute Gasteiger partial charge is 0.0625 e. The van der Waals surface area contributed by atoms with Crippen molar-refractivity contribution in [2.75, 3.05) is 0 Å². The van der Waals surface area contributed by atoms with Crippen LogP contribution in [0.4, 0.5) is 0 Å².